The van der Waals surface area contributed by atoms with Crippen molar-refractivity contribution in [3.05, 3.63) is 18.0 Å². The summed E-state index contributed by atoms with van der Waals surface area (Å²) in [6.07, 6.45) is 7.42. The maximum Gasteiger partial charge on any atom is 0.0658 e. The van der Waals surface area contributed by atoms with Crippen LogP contribution in [0.25, 0.3) is 0 Å². The van der Waals surface area contributed by atoms with E-state index in [-0.39, 0.29) is 5.54 Å². The molecular formula is C17H31N3. The molecule has 0 aliphatic heterocycles. The van der Waals surface area contributed by atoms with Gasteiger partial charge in [0.15, 0.2) is 0 Å². The van der Waals surface area contributed by atoms with Gasteiger partial charge in [0.05, 0.1) is 5.69 Å². The van der Waals surface area contributed by atoms with Crippen molar-refractivity contribution in [3.8, 4) is 0 Å². The number of nitrogens with zero attached hydrogens (tertiary/aromatic N) is 2. The molecule has 1 aromatic rings. The quantitative estimate of drug-likeness (QED) is 0.909. The standard InChI is InChI=1S/C17H31N3/c1-6-13-7-8-14(12-18-17(2,3)4)15(11-13)16-9-10-20(5)19-16/h9-10,13-15,18H,6-8,11-12H2,1-5H3. The van der Waals surface area contributed by atoms with Crippen molar-refractivity contribution in [1.29, 1.82) is 0 Å². The van der Waals surface area contributed by atoms with Gasteiger partial charge in [-0.25, -0.2) is 0 Å². The third-order valence-electron chi connectivity index (χ3n) is 4.69. The van der Waals surface area contributed by atoms with E-state index in [1.54, 1.807) is 0 Å². The number of hydrogen-bond donors (Lipinski definition) is 1. The lowest BCUT2D eigenvalue weighted by Gasteiger charge is -2.37. The van der Waals surface area contributed by atoms with E-state index in [9.17, 15) is 0 Å². The normalized spacial score (nSPS) is 27.8. The van der Waals surface area contributed by atoms with Crippen molar-refractivity contribution in [2.45, 2.75) is 64.8 Å². The molecule has 3 nitrogen and oxygen atoms in total. The zero-order valence-electron chi connectivity index (χ0n) is 13.8. The monoisotopic (exact) mass is 277 g/mol. The van der Waals surface area contributed by atoms with Crippen LogP contribution in [0.1, 0.15) is 65.0 Å². The first-order valence-electron chi connectivity index (χ1n) is 8.13. The molecule has 3 heteroatoms. The summed E-state index contributed by atoms with van der Waals surface area (Å²) in [5, 5.41) is 8.38. The van der Waals surface area contributed by atoms with Crippen LogP contribution in [-0.4, -0.2) is 21.9 Å². The predicted molar refractivity (Wildman–Crippen MR) is 84.8 cm³/mol. The Labute approximate surface area is 124 Å². The van der Waals surface area contributed by atoms with Gasteiger partial charge in [-0.2, -0.15) is 5.10 Å². The Hall–Kier alpha value is -0.830. The molecule has 1 saturated carbocycles. The van der Waals surface area contributed by atoms with Gasteiger partial charge in [-0.05, 0) is 58.1 Å². The van der Waals surface area contributed by atoms with E-state index in [1.165, 1.54) is 31.4 Å². The molecule has 1 N–H and O–H groups in total. The molecule has 0 saturated heterocycles. The molecule has 0 radical (unpaired) electrons. The predicted octanol–water partition coefficient (Wildman–Crippen LogP) is 3.72. The summed E-state index contributed by atoms with van der Waals surface area (Å²) < 4.78 is 1.94. The van der Waals surface area contributed by atoms with Gasteiger partial charge in [-0.15, -0.1) is 0 Å². The minimum absolute atomic E-state index is 0.205. The molecule has 0 bridgehead atoms. The van der Waals surface area contributed by atoms with E-state index in [0.717, 1.165) is 18.4 Å². The fourth-order valence-corrected chi connectivity index (χ4v) is 3.37. The third-order valence-corrected chi connectivity index (χ3v) is 4.69. The molecule has 114 valence electrons. The number of aromatic nitrogens is 2. The second-order valence-corrected chi connectivity index (χ2v) is 7.50. The average Bonchev–Trinajstić information content (AvgIpc) is 2.82. The Morgan fingerprint density at radius 3 is 2.65 bits per heavy atom. The highest BCUT2D eigenvalue weighted by molar-refractivity contribution is 5.10. The summed E-state index contributed by atoms with van der Waals surface area (Å²) in [6, 6.07) is 2.22. The average molecular weight is 277 g/mol. The van der Waals surface area contributed by atoms with Crippen LogP contribution in [0.4, 0.5) is 0 Å². The summed E-state index contributed by atoms with van der Waals surface area (Å²) in [7, 11) is 2.02. The van der Waals surface area contributed by atoms with E-state index in [0.29, 0.717) is 5.92 Å². The van der Waals surface area contributed by atoms with Gasteiger partial charge in [0.2, 0.25) is 0 Å². The van der Waals surface area contributed by atoms with E-state index in [4.69, 9.17) is 0 Å². The summed E-state index contributed by atoms with van der Waals surface area (Å²) in [4.78, 5) is 0. The Morgan fingerprint density at radius 1 is 1.35 bits per heavy atom. The second-order valence-electron chi connectivity index (χ2n) is 7.50. The molecule has 1 aromatic heterocycles. The molecular weight excluding hydrogens is 246 g/mol. The molecule has 2 rings (SSSR count). The van der Waals surface area contributed by atoms with Crippen LogP contribution in [0.2, 0.25) is 0 Å². The molecule has 1 heterocycles. The zero-order chi connectivity index (χ0) is 14.8. The Morgan fingerprint density at radius 2 is 2.10 bits per heavy atom. The Bertz CT molecular complexity index is 416. The fraction of sp³-hybridized carbons (Fsp3) is 0.824. The van der Waals surface area contributed by atoms with Crippen molar-refractivity contribution in [3.63, 3.8) is 0 Å². The summed E-state index contributed by atoms with van der Waals surface area (Å²) in [5.41, 5.74) is 1.50. The molecule has 1 aliphatic rings. The number of aryl methyl sites for hydroxylation is 1. The molecule has 20 heavy (non-hydrogen) atoms. The van der Waals surface area contributed by atoms with Crippen LogP contribution in [0.15, 0.2) is 12.3 Å². The minimum atomic E-state index is 0.205. The fourth-order valence-electron chi connectivity index (χ4n) is 3.37. The van der Waals surface area contributed by atoms with Gasteiger partial charge < -0.3 is 5.32 Å². The highest BCUT2D eigenvalue weighted by Gasteiger charge is 2.32. The van der Waals surface area contributed by atoms with Crippen molar-refractivity contribution in [2.24, 2.45) is 18.9 Å². The summed E-state index contributed by atoms with van der Waals surface area (Å²) >= 11 is 0. The van der Waals surface area contributed by atoms with Crippen LogP contribution in [-0.2, 0) is 7.05 Å². The lowest BCUT2D eigenvalue weighted by atomic mass is 9.71. The summed E-state index contributed by atoms with van der Waals surface area (Å²) in [5.74, 6) is 2.24. The lowest BCUT2D eigenvalue weighted by molar-refractivity contribution is 0.210. The van der Waals surface area contributed by atoms with Crippen LogP contribution < -0.4 is 5.32 Å². The second kappa shape index (κ2) is 6.30. The zero-order valence-corrected chi connectivity index (χ0v) is 13.8. The van der Waals surface area contributed by atoms with Gasteiger partial charge in [0.25, 0.3) is 0 Å². The van der Waals surface area contributed by atoms with E-state index >= 15 is 0 Å². The van der Waals surface area contributed by atoms with Crippen molar-refractivity contribution < 1.29 is 0 Å². The topological polar surface area (TPSA) is 29.9 Å². The van der Waals surface area contributed by atoms with Crippen LogP contribution in [0, 0.1) is 11.8 Å². The van der Waals surface area contributed by atoms with Crippen molar-refractivity contribution in [2.75, 3.05) is 6.54 Å². The first-order valence-corrected chi connectivity index (χ1v) is 8.13. The van der Waals surface area contributed by atoms with Crippen LogP contribution in [0.3, 0.4) is 0 Å². The molecule has 0 aromatic carbocycles. The van der Waals surface area contributed by atoms with Gasteiger partial charge in [0, 0.05) is 24.7 Å². The van der Waals surface area contributed by atoms with E-state index in [2.05, 4.69) is 50.4 Å². The molecule has 3 unspecified atom stereocenters. The highest BCUT2D eigenvalue weighted by Crippen LogP contribution is 2.41. The number of nitrogens with one attached hydrogen (secondary N) is 1. The largest absolute Gasteiger partial charge is 0.312 e. The first-order chi connectivity index (χ1) is 9.39. The van der Waals surface area contributed by atoms with Gasteiger partial charge in [0.1, 0.15) is 0 Å². The Kier molecular flexibility index (Phi) is 4.90. The minimum Gasteiger partial charge on any atom is -0.312 e. The first kappa shape index (κ1) is 15.6. The van der Waals surface area contributed by atoms with Crippen molar-refractivity contribution in [1.82, 2.24) is 15.1 Å². The van der Waals surface area contributed by atoms with Gasteiger partial charge in [-0.1, -0.05) is 19.8 Å². The van der Waals surface area contributed by atoms with Crippen molar-refractivity contribution >= 4 is 0 Å². The Balaban J connectivity index is 2.08. The lowest BCUT2D eigenvalue weighted by Crippen LogP contribution is -2.41. The molecule has 0 spiro atoms. The summed E-state index contributed by atoms with van der Waals surface area (Å²) in [6.45, 7) is 10.2. The highest BCUT2D eigenvalue weighted by atomic mass is 15.2. The maximum absolute atomic E-state index is 4.69. The maximum atomic E-state index is 4.69. The van der Waals surface area contributed by atoms with Crippen LogP contribution in [0.5, 0.6) is 0 Å². The number of rotatable bonds is 4. The van der Waals surface area contributed by atoms with Crippen LogP contribution >= 0.6 is 0 Å². The molecule has 1 aliphatic carbocycles. The van der Waals surface area contributed by atoms with Gasteiger partial charge in [-0.3, -0.25) is 4.68 Å². The molecule has 1 fully saturated rings. The van der Waals surface area contributed by atoms with Gasteiger partial charge >= 0.3 is 0 Å². The van der Waals surface area contributed by atoms with E-state index < -0.39 is 0 Å². The number of hydrogen-bond acceptors (Lipinski definition) is 2. The molecule has 3 atom stereocenters. The smallest absolute Gasteiger partial charge is 0.0658 e. The molecule has 0 amide bonds. The third kappa shape index (κ3) is 4.08. The van der Waals surface area contributed by atoms with E-state index in [1.807, 2.05) is 11.7 Å². The SMILES string of the molecule is CCC1CCC(CNC(C)(C)C)C(c2ccn(C)n2)C1.